The minimum Gasteiger partial charge on any atom is -0.481 e. The van der Waals surface area contributed by atoms with E-state index >= 15 is 0 Å². The zero-order valence-electron chi connectivity index (χ0n) is 11.0. The molecule has 1 aromatic carbocycles. The molecule has 0 saturated heterocycles. The van der Waals surface area contributed by atoms with Gasteiger partial charge in [0, 0.05) is 12.1 Å². The lowest BCUT2D eigenvalue weighted by molar-refractivity contribution is -0.384. The van der Waals surface area contributed by atoms with E-state index in [9.17, 15) is 19.7 Å². The maximum atomic E-state index is 12.2. The molecular weight excluding hydrogens is 300 g/mol. The Kier molecular flexibility index (Phi) is 4.13. The minimum atomic E-state index is -0.982. The highest BCUT2D eigenvalue weighted by molar-refractivity contribution is 6.34. The van der Waals surface area contributed by atoms with Gasteiger partial charge in [0.25, 0.3) is 11.6 Å². The van der Waals surface area contributed by atoms with Crippen LogP contribution in [0.15, 0.2) is 18.2 Å². The van der Waals surface area contributed by atoms with Gasteiger partial charge in [0.05, 0.1) is 27.5 Å². The highest BCUT2D eigenvalue weighted by Gasteiger charge is 2.40. The predicted molar refractivity (Wildman–Crippen MR) is 74.4 cm³/mol. The number of carboxylic acids is 1. The summed E-state index contributed by atoms with van der Waals surface area (Å²) in [4.78, 5) is 33.1. The van der Waals surface area contributed by atoms with Crippen molar-refractivity contribution in [2.24, 2.45) is 0 Å². The van der Waals surface area contributed by atoms with Crippen LogP contribution in [0.1, 0.15) is 36.0 Å². The van der Waals surface area contributed by atoms with Gasteiger partial charge in [0.15, 0.2) is 0 Å². The highest BCUT2D eigenvalue weighted by atomic mass is 35.5. The number of nitrogens with zero attached hydrogens (tertiary/aromatic N) is 1. The number of nitro groups is 1. The maximum Gasteiger partial charge on any atom is 0.305 e. The Labute approximate surface area is 125 Å². The van der Waals surface area contributed by atoms with Gasteiger partial charge in [-0.25, -0.2) is 0 Å². The predicted octanol–water partition coefficient (Wildman–Crippen LogP) is 2.38. The quantitative estimate of drug-likeness (QED) is 0.640. The second-order valence-electron chi connectivity index (χ2n) is 5.08. The summed E-state index contributed by atoms with van der Waals surface area (Å²) in [5, 5.41) is 22.2. The number of carboxylic acid groups (broad SMARTS) is 1. The van der Waals surface area contributed by atoms with Crippen molar-refractivity contribution in [3.63, 3.8) is 0 Å². The number of aliphatic carboxylic acids is 1. The minimum absolute atomic E-state index is 0.0356. The summed E-state index contributed by atoms with van der Waals surface area (Å²) in [6.45, 7) is 0. The molecule has 112 valence electrons. The van der Waals surface area contributed by atoms with Crippen molar-refractivity contribution >= 4 is 29.2 Å². The Balaban J connectivity index is 2.17. The fourth-order valence-corrected chi connectivity index (χ4v) is 2.61. The lowest BCUT2D eigenvalue weighted by Crippen LogP contribution is -2.54. The van der Waals surface area contributed by atoms with Crippen LogP contribution in [0.5, 0.6) is 0 Å². The van der Waals surface area contributed by atoms with Crippen molar-refractivity contribution in [3.8, 4) is 0 Å². The van der Waals surface area contributed by atoms with Gasteiger partial charge in [-0.15, -0.1) is 0 Å². The van der Waals surface area contributed by atoms with Gasteiger partial charge >= 0.3 is 5.97 Å². The Morgan fingerprint density at radius 2 is 2.10 bits per heavy atom. The third-order valence-corrected chi connectivity index (χ3v) is 3.90. The highest BCUT2D eigenvalue weighted by Crippen LogP contribution is 2.35. The average Bonchev–Trinajstić information content (AvgIpc) is 2.35. The van der Waals surface area contributed by atoms with E-state index in [4.69, 9.17) is 16.7 Å². The van der Waals surface area contributed by atoms with Gasteiger partial charge < -0.3 is 10.4 Å². The van der Waals surface area contributed by atoms with E-state index in [1.807, 2.05) is 0 Å². The standard InChI is InChI=1S/C13H13ClN2O5/c14-10-6-8(16(20)21)2-3-9(10)12(19)15-13(4-1-5-13)7-11(17)18/h2-3,6H,1,4-5,7H2,(H,15,19)(H,17,18). The second-order valence-corrected chi connectivity index (χ2v) is 5.49. The molecule has 0 aromatic heterocycles. The lowest BCUT2D eigenvalue weighted by atomic mass is 9.74. The summed E-state index contributed by atoms with van der Waals surface area (Å²) < 4.78 is 0. The summed E-state index contributed by atoms with van der Waals surface area (Å²) in [5.74, 6) is -1.50. The van der Waals surface area contributed by atoms with E-state index in [0.717, 1.165) is 12.5 Å². The van der Waals surface area contributed by atoms with Crippen LogP contribution in [-0.4, -0.2) is 27.4 Å². The fourth-order valence-electron chi connectivity index (χ4n) is 2.35. The number of halogens is 1. The van der Waals surface area contributed by atoms with Crippen LogP contribution in [-0.2, 0) is 4.79 Å². The molecular formula is C13H13ClN2O5. The molecule has 0 atom stereocenters. The molecule has 0 bridgehead atoms. The second kappa shape index (κ2) is 5.69. The number of hydrogen-bond donors (Lipinski definition) is 2. The van der Waals surface area contributed by atoms with Crippen molar-refractivity contribution in [1.29, 1.82) is 0 Å². The summed E-state index contributed by atoms with van der Waals surface area (Å²) in [7, 11) is 0. The van der Waals surface area contributed by atoms with Crippen molar-refractivity contribution in [3.05, 3.63) is 38.9 Å². The molecule has 1 aliphatic rings. The third kappa shape index (κ3) is 3.30. The van der Waals surface area contributed by atoms with Crippen LogP contribution < -0.4 is 5.32 Å². The number of rotatable bonds is 5. The molecule has 0 radical (unpaired) electrons. The average molecular weight is 313 g/mol. The molecule has 8 heteroatoms. The van der Waals surface area contributed by atoms with Crippen LogP contribution in [0.3, 0.4) is 0 Å². The molecule has 1 fully saturated rings. The monoisotopic (exact) mass is 312 g/mol. The number of carbonyl (C=O) groups is 2. The van der Waals surface area contributed by atoms with Crippen molar-refractivity contribution < 1.29 is 19.6 Å². The van der Waals surface area contributed by atoms with Crippen LogP contribution in [0.4, 0.5) is 5.69 Å². The summed E-state index contributed by atoms with van der Waals surface area (Å²) in [6, 6.07) is 3.55. The SMILES string of the molecule is O=C(O)CC1(NC(=O)c2ccc([N+](=O)[O-])cc2Cl)CCC1. The molecule has 7 nitrogen and oxygen atoms in total. The molecule has 1 aromatic rings. The Bertz CT molecular complexity index is 613. The Morgan fingerprint density at radius 1 is 1.43 bits per heavy atom. The van der Waals surface area contributed by atoms with E-state index in [-0.39, 0.29) is 22.7 Å². The smallest absolute Gasteiger partial charge is 0.305 e. The number of nitro benzene ring substituents is 1. The number of carbonyl (C=O) groups excluding carboxylic acids is 1. The van der Waals surface area contributed by atoms with Crippen LogP contribution in [0, 0.1) is 10.1 Å². The number of amides is 1. The molecule has 21 heavy (non-hydrogen) atoms. The van der Waals surface area contributed by atoms with Crippen molar-refractivity contribution in [2.75, 3.05) is 0 Å². The summed E-state index contributed by atoms with van der Waals surface area (Å²) >= 11 is 5.88. The molecule has 2 rings (SSSR count). The first kappa shape index (κ1) is 15.2. The van der Waals surface area contributed by atoms with Crippen molar-refractivity contribution in [1.82, 2.24) is 5.32 Å². The molecule has 0 spiro atoms. The largest absolute Gasteiger partial charge is 0.481 e. The van der Waals surface area contributed by atoms with Gasteiger partial charge in [0.2, 0.25) is 0 Å². The van der Waals surface area contributed by atoms with Gasteiger partial charge in [-0.1, -0.05) is 11.6 Å². The molecule has 1 amide bonds. The molecule has 0 heterocycles. The number of non-ortho nitro benzene ring substituents is 1. The van der Waals surface area contributed by atoms with Gasteiger partial charge in [-0.05, 0) is 25.3 Å². The number of hydrogen-bond acceptors (Lipinski definition) is 4. The molecule has 0 unspecified atom stereocenters. The van der Waals surface area contributed by atoms with E-state index in [2.05, 4.69) is 5.32 Å². The van der Waals surface area contributed by atoms with Crippen LogP contribution in [0.25, 0.3) is 0 Å². The topological polar surface area (TPSA) is 110 Å². The Morgan fingerprint density at radius 3 is 2.52 bits per heavy atom. The molecule has 2 N–H and O–H groups in total. The normalized spacial score (nSPS) is 15.9. The summed E-state index contributed by atoms with van der Waals surface area (Å²) in [5.41, 5.74) is -0.854. The number of benzene rings is 1. The van der Waals surface area contributed by atoms with Crippen LogP contribution >= 0.6 is 11.6 Å². The number of nitrogens with one attached hydrogen (secondary N) is 1. The summed E-state index contributed by atoms with van der Waals surface area (Å²) in [6.07, 6.45) is 1.89. The first-order valence-corrected chi connectivity index (χ1v) is 6.69. The van der Waals surface area contributed by atoms with E-state index < -0.39 is 22.3 Å². The molecule has 0 aliphatic heterocycles. The first-order chi connectivity index (χ1) is 9.83. The van der Waals surface area contributed by atoms with E-state index in [0.29, 0.717) is 12.8 Å². The zero-order valence-corrected chi connectivity index (χ0v) is 11.7. The first-order valence-electron chi connectivity index (χ1n) is 6.31. The zero-order chi connectivity index (χ0) is 15.6. The van der Waals surface area contributed by atoms with Gasteiger partial charge in [-0.3, -0.25) is 19.7 Å². The van der Waals surface area contributed by atoms with E-state index in [1.165, 1.54) is 12.1 Å². The Hall–Kier alpha value is -2.15. The van der Waals surface area contributed by atoms with E-state index in [1.54, 1.807) is 0 Å². The maximum absolute atomic E-state index is 12.2. The van der Waals surface area contributed by atoms with Gasteiger partial charge in [-0.2, -0.15) is 0 Å². The lowest BCUT2D eigenvalue weighted by Gasteiger charge is -2.41. The molecule has 1 aliphatic carbocycles. The van der Waals surface area contributed by atoms with Gasteiger partial charge in [0.1, 0.15) is 0 Å². The van der Waals surface area contributed by atoms with Crippen LogP contribution in [0.2, 0.25) is 5.02 Å². The third-order valence-electron chi connectivity index (χ3n) is 3.59. The van der Waals surface area contributed by atoms with Crippen molar-refractivity contribution in [2.45, 2.75) is 31.2 Å². The fraction of sp³-hybridized carbons (Fsp3) is 0.385. The molecule has 1 saturated carbocycles.